The number of hydrogen-bond acceptors (Lipinski definition) is 3. The van der Waals surface area contributed by atoms with Crippen LogP contribution in [0.3, 0.4) is 0 Å². The Hall–Kier alpha value is -0.570. The highest BCUT2D eigenvalue weighted by atomic mass is 16.6. The van der Waals surface area contributed by atoms with E-state index in [1.807, 2.05) is 0 Å². The first-order valence-corrected chi connectivity index (χ1v) is 4.43. The van der Waals surface area contributed by atoms with Gasteiger partial charge in [-0.2, -0.15) is 0 Å². The highest BCUT2D eigenvalue weighted by molar-refractivity contribution is 5.84. The number of esters is 1. The van der Waals surface area contributed by atoms with Gasteiger partial charge in [-0.1, -0.05) is 6.92 Å². The Bertz CT molecular complexity index is 214. The molecular formula is C9H14O3. The maximum atomic E-state index is 11.4. The maximum Gasteiger partial charge on any atom is 0.341 e. The van der Waals surface area contributed by atoms with Gasteiger partial charge in [0.15, 0.2) is 5.60 Å². The molecule has 3 nitrogen and oxygen atoms in total. The lowest BCUT2D eigenvalue weighted by molar-refractivity contribution is -0.150. The second-order valence-corrected chi connectivity index (χ2v) is 3.74. The molecule has 2 aliphatic rings. The summed E-state index contributed by atoms with van der Waals surface area (Å²) in [6.07, 6.45) is 3.24. The van der Waals surface area contributed by atoms with E-state index in [1.165, 1.54) is 7.11 Å². The van der Waals surface area contributed by atoms with Gasteiger partial charge in [0.05, 0.1) is 13.7 Å². The van der Waals surface area contributed by atoms with Crippen molar-refractivity contribution in [3.63, 3.8) is 0 Å². The van der Waals surface area contributed by atoms with Gasteiger partial charge >= 0.3 is 5.97 Å². The fourth-order valence-electron chi connectivity index (χ4n) is 2.07. The molecule has 1 aliphatic carbocycles. The topological polar surface area (TPSA) is 38.8 Å². The van der Waals surface area contributed by atoms with Crippen molar-refractivity contribution in [1.29, 1.82) is 0 Å². The number of rotatable bonds is 3. The summed E-state index contributed by atoms with van der Waals surface area (Å²) in [6, 6.07) is 0. The number of ether oxygens (including phenoxy) is 2. The van der Waals surface area contributed by atoms with Crippen LogP contribution in [-0.2, 0) is 14.3 Å². The van der Waals surface area contributed by atoms with Crippen LogP contribution in [0.2, 0.25) is 0 Å². The van der Waals surface area contributed by atoms with Gasteiger partial charge in [0.1, 0.15) is 0 Å². The van der Waals surface area contributed by atoms with E-state index < -0.39 is 5.60 Å². The van der Waals surface area contributed by atoms with Crippen LogP contribution in [0, 0.1) is 5.41 Å². The Balaban J connectivity index is 2.16. The molecule has 0 amide bonds. The highest BCUT2D eigenvalue weighted by Crippen LogP contribution is 2.63. The lowest BCUT2D eigenvalue weighted by atomic mass is 9.87. The molecule has 0 bridgehead atoms. The van der Waals surface area contributed by atoms with Crippen molar-refractivity contribution in [3.8, 4) is 0 Å². The van der Waals surface area contributed by atoms with Crippen molar-refractivity contribution >= 4 is 5.97 Å². The molecule has 0 radical (unpaired) electrons. The molecule has 12 heavy (non-hydrogen) atoms. The zero-order chi connectivity index (χ0) is 8.82. The molecular weight excluding hydrogens is 156 g/mol. The summed E-state index contributed by atoms with van der Waals surface area (Å²) in [5, 5.41) is 0. The predicted molar refractivity (Wildman–Crippen MR) is 42.7 cm³/mol. The zero-order valence-corrected chi connectivity index (χ0v) is 7.55. The van der Waals surface area contributed by atoms with Gasteiger partial charge in [-0.05, 0) is 19.3 Å². The fraction of sp³-hybridized carbons (Fsp3) is 0.889. The van der Waals surface area contributed by atoms with E-state index in [1.54, 1.807) is 0 Å². The minimum atomic E-state index is -0.545. The predicted octanol–water partition coefficient (Wildman–Crippen LogP) is 1.12. The molecule has 0 aromatic heterocycles. The SMILES string of the molecule is CCC1(C2(C(=O)OC)CO2)CC1. The summed E-state index contributed by atoms with van der Waals surface area (Å²) in [7, 11) is 1.43. The first-order valence-electron chi connectivity index (χ1n) is 4.43. The molecule has 1 saturated heterocycles. The molecule has 1 aliphatic heterocycles. The Morgan fingerprint density at radius 3 is 2.42 bits per heavy atom. The summed E-state index contributed by atoms with van der Waals surface area (Å²) < 4.78 is 10.0. The summed E-state index contributed by atoms with van der Waals surface area (Å²) >= 11 is 0. The van der Waals surface area contributed by atoms with Gasteiger partial charge in [-0.3, -0.25) is 0 Å². The molecule has 1 unspecified atom stereocenters. The molecule has 68 valence electrons. The first kappa shape index (κ1) is 8.05. The van der Waals surface area contributed by atoms with Crippen molar-refractivity contribution in [2.45, 2.75) is 31.8 Å². The third kappa shape index (κ3) is 0.774. The lowest BCUT2D eigenvalue weighted by Crippen LogP contribution is -2.36. The fourth-order valence-corrected chi connectivity index (χ4v) is 2.07. The van der Waals surface area contributed by atoms with Crippen LogP contribution >= 0.6 is 0 Å². The highest BCUT2D eigenvalue weighted by Gasteiger charge is 2.71. The Morgan fingerprint density at radius 2 is 2.17 bits per heavy atom. The second-order valence-electron chi connectivity index (χ2n) is 3.74. The minimum Gasteiger partial charge on any atom is -0.467 e. The van der Waals surface area contributed by atoms with Gasteiger partial charge in [0, 0.05) is 5.41 Å². The minimum absolute atomic E-state index is 0.125. The number of methoxy groups -OCH3 is 1. The smallest absolute Gasteiger partial charge is 0.341 e. The van der Waals surface area contributed by atoms with Crippen LogP contribution in [0.15, 0.2) is 0 Å². The van der Waals surface area contributed by atoms with E-state index in [0.717, 1.165) is 19.3 Å². The van der Waals surface area contributed by atoms with Crippen LogP contribution < -0.4 is 0 Å². The van der Waals surface area contributed by atoms with Crippen molar-refractivity contribution in [1.82, 2.24) is 0 Å². The van der Waals surface area contributed by atoms with Gasteiger partial charge in [0.2, 0.25) is 0 Å². The third-order valence-corrected chi connectivity index (χ3v) is 3.34. The standard InChI is InChI=1S/C9H14O3/c1-3-8(4-5-8)9(6-12-9)7(10)11-2/h3-6H2,1-2H3. The largest absolute Gasteiger partial charge is 0.467 e. The van der Waals surface area contributed by atoms with E-state index >= 15 is 0 Å². The first-order chi connectivity index (χ1) is 5.71. The van der Waals surface area contributed by atoms with E-state index in [4.69, 9.17) is 9.47 Å². The average molecular weight is 170 g/mol. The molecule has 1 heterocycles. The summed E-state index contributed by atoms with van der Waals surface area (Å²) in [5.41, 5.74) is -0.420. The monoisotopic (exact) mass is 170 g/mol. The Morgan fingerprint density at radius 1 is 1.58 bits per heavy atom. The summed E-state index contributed by atoms with van der Waals surface area (Å²) in [6.45, 7) is 2.67. The second kappa shape index (κ2) is 2.22. The summed E-state index contributed by atoms with van der Waals surface area (Å²) in [5.74, 6) is -0.179. The van der Waals surface area contributed by atoms with Crippen LogP contribution in [0.25, 0.3) is 0 Å². The molecule has 1 saturated carbocycles. The van der Waals surface area contributed by atoms with Crippen LogP contribution in [0.1, 0.15) is 26.2 Å². The van der Waals surface area contributed by atoms with Gasteiger partial charge < -0.3 is 9.47 Å². The van der Waals surface area contributed by atoms with Crippen molar-refractivity contribution in [2.75, 3.05) is 13.7 Å². The van der Waals surface area contributed by atoms with Crippen molar-refractivity contribution < 1.29 is 14.3 Å². The molecule has 0 N–H and O–H groups in total. The zero-order valence-electron chi connectivity index (χ0n) is 7.55. The quantitative estimate of drug-likeness (QED) is 0.470. The van der Waals surface area contributed by atoms with Gasteiger partial charge in [-0.25, -0.2) is 4.79 Å². The van der Waals surface area contributed by atoms with Crippen molar-refractivity contribution in [3.05, 3.63) is 0 Å². The van der Waals surface area contributed by atoms with Crippen molar-refractivity contribution in [2.24, 2.45) is 5.41 Å². The molecule has 2 fully saturated rings. The third-order valence-electron chi connectivity index (χ3n) is 3.34. The molecule has 0 aromatic rings. The number of hydrogen-bond donors (Lipinski definition) is 0. The van der Waals surface area contributed by atoms with Crippen LogP contribution in [-0.4, -0.2) is 25.3 Å². The Labute approximate surface area is 72.0 Å². The molecule has 0 spiro atoms. The maximum absolute atomic E-state index is 11.4. The van der Waals surface area contributed by atoms with Crippen LogP contribution in [0.5, 0.6) is 0 Å². The Kier molecular flexibility index (Phi) is 1.49. The van der Waals surface area contributed by atoms with E-state index in [2.05, 4.69) is 6.92 Å². The van der Waals surface area contributed by atoms with Gasteiger partial charge in [0.25, 0.3) is 0 Å². The molecule has 2 rings (SSSR count). The van der Waals surface area contributed by atoms with Crippen LogP contribution in [0.4, 0.5) is 0 Å². The molecule has 0 aromatic carbocycles. The van der Waals surface area contributed by atoms with Gasteiger partial charge in [-0.15, -0.1) is 0 Å². The van der Waals surface area contributed by atoms with E-state index in [0.29, 0.717) is 6.61 Å². The number of carbonyl (C=O) groups is 1. The molecule has 1 atom stereocenters. The number of epoxide rings is 1. The average Bonchev–Trinajstić information content (AvgIpc) is 2.94. The molecule has 3 heteroatoms. The number of carbonyl (C=O) groups excluding carboxylic acids is 1. The van der Waals surface area contributed by atoms with E-state index in [9.17, 15) is 4.79 Å². The lowest BCUT2D eigenvalue weighted by Gasteiger charge is -2.18. The normalized spacial score (nSPS) is 35.8. The van der Waals surface area contributed by atoms with E-state index in [-0.39, 0.29) is 11.4 Å². The summed E-state index contributed by atoms with van der Waals surface area (Å²) in [4.78, 5) is 11.4.